The van der Waals surface area contributed by atoms with Gasteiger partial charge in [0.15, 0.2) is 0 Å². The molecule has 2 N–H and O–H groups in total. The Hall–Kier alpha value is -0.570. The second-order valence-corrected chi connectivity index (χ2v) is 3.88. The van der Waals surface area contributed by atoms with Gasteiger partial charge in [0.2, 0.25) is 5.91 Å². The standard InChI is InChI=1S/C10H19NO2/c1-8(12)11-7-6-10(13)9-4-2-3-5-9/h9-10,13H,2-7H2,1H3,(H,11,12). The van der Waals surface area contributed by atoms with E-state index < -0.39 is 0 Å². The summed E-state index contributed by atoms with van der Waals surface area (Å²) in [4.78, 5) is 10.6. The van der Waals surface area contributed by atoms with Gasteiger partial charge in [0.05, 0.1) is 6.10 Å². The van der Waals surface area contributed by atoms with E-state index in [1.165, 1.54) is 19.8 Å². The number of hydrogen-bond acceptors (Lipinski definition) is 2. The van der Waals surface area contributed by atoms with Crippen LogP contribution in [0.1, 0.15) is 39.0 Å². The minimum absolute atomic E-state index is 0.0152. The molecule has 3 nitrogen and oxygen atoms in total. The van der Waals surface area contributed by atoms with Crippen molar-refractivity contribution in [2.45, 2.75) is 45.1 Å². The van der Waals surface area contributed by atoms with Gasteiger partial charge in [0.1, 0.15) is 0 Å². The Morgan fingerprint density at radius 1 is 1.54 bits per heavy atom. The topological polar surface area (TPSA) is 49.3 Å². The zero-order valence-corrected chi connectivity index (χ0v) is 8.25. The van der Waals surface area contributed by atoms with Gasteiger partial charge >= 0.3 is 0 Å². The fourth-order valence-corrected chi connectivity index (χ4v) is 1.97. The number of nitrogens with one attached hydrogen (secondary N) is 1. The highest BCUT2D eigenvalue weighted by Crippen LogP contribution is 2.28. The molecule has 1 amide bonds. The summed E-state index contributed by atoms with van der Waals surface area (Å²) in [5.41, 5.74) is 0. The van der Waals surface area contributed by atoms with E-state index in [1.807, 2.05) is 0 Å². The predicted molar refractivity (Wildman–Crippen MR) is 51.3 cm³/mol. The molecular formula is C10H19NO2. The van der Waals surface area contributed by atoms with Gasteiger partial charge in [-0.2, -0.15) is 0 Å². The summed E-state index contributed by atoms with van der Waals surface area (Å²) < 4.78 is 0. The molecule has 0 bridgehead atoms. The highest BCUT2D eigenvalue weighted by atomic mass is 16.3. The first-order chi connectivity index (χ1) is 6.20. The molecular weight excluding hydrogens is 166 g/mol. The molecule has 1 aliphatic carbocycles. The second-order valence-electron chi connectivity index (χ2n) is 3.88. The van der Waals surface area contributed by atoms with Crippen LogP contribution < -0.4 is 5.32 Å². The number of hydrogen-bond donors (Lipinski definition) is 2. The van der Waals surface area contributed by atoms with E-state index in [1.54, 1.807) is 0 Å². The first-order valence-electron chi connectivity index (χ1n) is 5.12. The molecule has 76 valence electrons. The maximum atomic E-state index is 10.6. The fourth-order valence-electron chi connectivity index (χ4n) is 1.97. The van der Waals surface area contributed by atoms with Crippen LogP contribution in [-0.4, -0.2) is 23.7 Å². The first kappa shape index (κ1) is 10.5. The molecule has 0 heterocycles. The molecule has 0 aromatic rings. The predicted octanol–water partition coefficient (Wildman–Crippen LogP) is 1.06. The number of rotatable bonds is 4. The minimum atomic E-state index is -0.214. The van der Waals surface area contributed by atoms with E-state index in [-0.39, 0.29) is 12.0 Å². The van der Waals surface area contributed by atoms with Gasteiger partial charge < -0.3 is 10.4 Å². The third kappa shape index (κ3) is 3.77. The quantitative estimate of drug-likeness (QED) is 0.688. The molecule has 1 aliphatic rings. The smallest absolute Gasteiger partial charge is 0.216 e. The van der Waals surface area contributed by atoms with Crippen molar-refractivity contribution in [3.63, 3.8) is 0 Å². The Bertz CT molecular complexity index is 164. The van der Waals surface area contributed by atoms with Crippen molar-refractivity contribution in [2.24, 2.45) is 5.92 Å². The van der Waals surface area contributed by atoms with Crippen LogP contribution in [-0.2, 0) is 4.79 Å². The molecule has 0 spiro atoms. The van der Waals surface area contributed by atoms with Gasteiger partial charge in [0.25, 0.3) is 0 Å². The summed E-state index contributed by atoms with van der Waals surface area (Å²) in [6.07, 6.45) is 5.30. The minimum Gasteiger partial charge on any atom is -0.393 e. The monoisotopic (exact) mass is 185 g/mol. The van der Waals surface area contributed by atoms with Crippen LogP contribution in [0.15, 0.2) is 0 Å². The van der Waals surface area contributed by atoms with Gasteiger partial charge in [0, 0.05) is 13.5 Å². The van der Waals surface area contributed by atoms with Crippen LogP contribution in [0, 0.1) is 5.92 Å². The number of aliphatic hydroxyl groups excluding tert-OH is 1. The normalized spacial score (nSPS) is 20.2. The zero-order chi connectivity index (χ0) is 9.68. The Kier molecular flexibility index (Phi) is 4.22. The van der Waals surface area contributed by atoms with E-state index in [0.29, 0.717) is 18.9 Å². The molecule has 0 aliphatic heterocycles. The van der Waals surface area contributed by atoms with Gasteiger partial charge in [-0.1, -0.05) is 12.8 Å². The van der Waals surface area contributed by atoms with Crippen LogP contribution in [0.2, 0.25) is 0 Å². The maximum Gasteiger partial charge on any atom is 0.216 e. The van der Waals surface area contributed by atoms with Crippen molar-refractivity contribution in [1.82, 2.24) is 5.32 Å². The van der Waals surface area contributed by atoms with Crippen molar-refractivity contribution in [2.75, 3.05) is 6.54 Å². The van der Waals surface area contributed by atoms with E-state index >= 15 is 0 Å². The summed E-state index contributed by atoms with van der Waals surface area (Å²) in [6.45, 7) is 2.11. The SMILES string of the molecule is CC(=O)NCCC(O)C1CCCC1. The number of carbonyl (C=O) groups excluding carboxylic acids is 1. The number of carbonyl (C=O) groups is 1. The average Bonchev–Trinajstić information content (AvgIpc) is 2.55. The third-order valence-electron chi connectivity index (χ3n) is 2.76. The van der Waals surface area contributed by atoms with Crippen LogP contribution in [0.25, 0.3) is 0 Å². The highest BCUT2D eigenvalue weighted by Gasteiger charge is 2.22. The first-order valence-corrected chi connectivity index (χ1v) is 5.12. The maximum absolute atomic E-state index is 10.6. The van der Waals surface area contributed by atoms with Crippen LogP contribution >= 0.6 is 0 Å². The lowest BCUT2D eigenvalue weighted by Crippen LogP contribution is -2.27. The molecule has 3 heteroatoms. The van der Waals surface area contributed by atoms with Crippen molar-refractivity contribution in [3.05, 3.63) is 0 Å². The van der Waals surface area contributed by atoms with E-state index in [4.69, 9.17) is 0 Å². The molecule has 0 aromatic heterocycles. The lowest BCUT2D eigenvalue weighted by atomic mass is 9.98. The molecule has 1 atom stereocenters. The van der Waals surface area contributed by atoms with Gasteiger partial charge in [-0.15, -0.1) is 0 Å². The summed E-state index contributed by atoms with van der Waals surface area (Å²) >= 11 is 0. The van der Waals surface area contributed by atoms with Gasteiger partial charge in [-0.25, -0.2) is 0 Å². The summed E-state index contributed by atoms with van der Waals surface area (Å²) in [5, 5.41) is 12.4. The Labute approximate surface area is 79.5 Å². The lowest BCUT2D eigenvalue weighted by molar-refractivity contribution is -0.119. The van der Waals surface area contributed by atoms with Gasteiger partial charge in [-0.05, 0) is 25.2 Å². The van der Waals surface area contributed by atoms with Crippen LogP contribution in [0.4, 0.5) is 0 Å². The average molecular weight is 185 g/mol. The molecule has 1 saturated carbocycles. The summed E-state index contributed by atoms with van der Waals surface area (Å²) in [7, 11) is 0. The van der Waals surface area contributed by atoms with E-state index in [0.717, 1.165) is 12.8 Å². The van der Waals surface area contributed by atoms with Gasteiger partial charge in [-0.3, -0.25) is 4.79 Å². The van der Waals surface area contributed by atoms with Crippen molar-refractivity contribution in [3.8, 4) is 0 Å². The second kappa shape index (κ2) is 5.22. The molecule has 0 saturated heterocycles. The summed E-state index contributed by atoms with van der Waals surface area (Å²) in [5.74, 6) is 0.465. The lowest BCUT2D eigenvalue weighted by Gasteiger charge is -2.17. The Balaban J connectivity index is 2.09. The van der Waals surface area contributed by atoms with Crippen molar-refractivity contribution >= 4 is 5.91 Å². The highest BCUT2D eigenvalue weighted by molar-refractivity contribution is 5.72. The van der Waals surface area contributed by atoms with Crippen LogP contribution in [0.3, 0.4) is 0 Å². The molecule has 1 fully saturated rings. The van der Waals surface area contributed by atoms with Crippen molar-refractivity contribution < 1.29 is 9.90 Å². The fraction of sp³-hybridized carbons (Fsp3) is 0.900. The summed E-state index contributed by atoms with van der Waals surface area (Å²) in [6, 6.07) is 0. The Morgan fingerprint density at radius 2 is 2.15 bits per heavy atom. The largest absolute Gasteiger partial charge is 0.393 e. The molecule has 0 radical (unpaired) electrons. The molecule has 1 rings (SSSR count). The number of aliphatic hydroxyl groups is 1. The van der Waals surface area contributed by atoms with E-state index in [2.05, 4.69) is 5.32 Å². The molecule has 1 unspecified atom stereocenters. The zero-order valence-electron chi connectivity index (χ0n) is 8.25. The molecule has 13 heavy (non-hydrogen) atoms. The van der Waals surface area contributed by atoms with E-state index in [9.17, 15) is 9.90 Å². The molecule has 0 aromatic carbocycles. The Morgan fingerprint density at radius 3 is 2.69 bits per heavy atom. The third-order valence-corrected chi connectivity index (χ3v) is 2.76. The van der Waals surface area contributed by atoms with Crippen LogP contribution in [0.5, 0.6) is 0 Å². The number of amides is 1. The van der Waals surface area contributed by atoms with Crippen molar-refractivity contribution in [1.29, 1.82) is 0 Å².